The molecule has 0 bridgehead atoms. The maximum absolute atomic E-state index is 11.8. The maximum atomic E-state index is 11.8. The van der Waals surface area contributed by atoms with E-state index in [0.717, 1.165) is 0 Å². The first-order chi connectivity index (χ1) is 23.7. The molecular weight excluding hydrogens is 1190 g/mol. The van der Waals surface area contributed by atoms with E-state index in [1.807, 2.05) is 0 Å². The second-order valence-electron chi connectivity index (χ2n) is 9.28. The molecule has 2 saturated heterocycles. The molecule has 442 valence electrons. The Morgan fingerprint density at radius 3 is 0.971 bits per heavy atom. The Labute approximate surface area is 384 Å². The minimum atomic E-state index is -6.30. The van der Waals surface area contributed by atoms with Crippen LogP contribution in [0.2, 0.25) is 0 Å². The van der Waals surface area contributed by atoms with Gasteiger partial charge in [0.1, 0.15) is 24.9 Å². The lowest BCUT2D eigenvalue weighted by Gasteiger charge is -2.45. The molecule has 0 aromatic heterocycles. The van der Waals surface area contributed by atoms with Crippen molar-refractivity contribution >= 4 is 83.2 Å². The Hall–Kier alpha value is -1.76. The van der Waals surface area contributed by atoms with Crippen LogP contribution in [0.4, 0.5) is 0 Å². The lowest BCUT2D eigenvalue weighted by atomic mass is 9.99. The van der Waals surface area contributed by atoms with Crippen LogP contribution in [0.5, 0.6) is 0 Å². The molecular formula is C11H50O50S8. The first-order valence-corrected chi connectivity index (χ1v) is 22.8. The van der Waals surface area contributed by atoms with Gasteiger partial charge in [0, 0.05) is 0 Å². The Morgan fingerprint density at radius 1 is 0.348 bits per heavy atom. The third kappa shape index (κ3) is 37.6. The van der Waals surface area contributed by atoms with E-state index in [-0.39, 0.29) is 82.1 Å². The van der Waals surface area contributed by atoms with Crippen LogP contribution in [-0.2, 0) is 131 Å². The smallest absolute Gasteiger partial charge is 0.399 e. The fourth-order valence-corrected chi connectivity index (χ4v) is 7.52. The van der Waals surface area contributed by atoms with Gasteiger partial charge < -0.3 is 96.4 Å². The van der Waals surface area contributed by atoms with Crippen molar-refractivity contribution in [1.82, 2.24) is 0 Å². The zero-order valence-corrected chi connectivity index (χ0v) is 38.4. The molecule has 2 aliphatic rings. The van der Waals surface area contributed by atoms with Crippen LogP contribution < -0.4 is 0 Å². The van der Waals surface area contributed by atoms with Crippen LogP contribution in [0.1, 0.15) is 0 Å². The van der Waals surface area contributed by atoms with Crippen molar-refractivity contribution in [3.63, 3.8) is 0 Å². The predicted molar refractivity (Wildman–Crippen MR) is 201 cm³/mol. The summed E-state index contributed by atoms with van der Waals surface area (Å²) in [5.41, 5.74) is 0. The molecule has 0 saturated carbocycles. The van der Waals surface area contributed by atoms with Crippen molar-refractivity contribution in [1.29, 1.82) is 0 Å². The summed E-state index contributed by atoms with van der Waals surface area (Å²) in [7, 11) is -48.9. The quantitative estimate of drug-likeness (QED) is 0.0525. The summed E-state index contributed by atoms with van der Waals surface area (Å²) in [6.07, 6.45) is -27.2. The van der Waals surface area contributed by atoms with Crippen molar-refractivity contribution < 1.29 is 234 Å². The summed E-state index contributed by atoms with van der Waals surface area (Å²) in [5, 5.41) is 0. The first-order valence-electron chi connectivity index (χ1n) is 11.9. The lowest BCUT2D eigenvalue weighted by Crippen LogP contribution is -2.65. The fraction of sp³-hybridized carbons (Fsp3) is 1.00. The topological polar surface area (TPSA) is 1010 Å². The molecule has 0 aromatic carbocycles. The van der Waals surface area contributed by atoms with Gasteiger partial charge >= 0.3 is 83.2 Å². The van der Waals surface area contributed by atoms with E-state index < -0.39 is 151 Å². The van der Waals surface area contributed by atoms with Crippen LogP contribution in [0, 0.1) is 0 Å². The Balaban J connectivity index is -0.000000168. The van der Waals surface area contributed by atoms with Crippen molar-refractivity contribution in [2.24, 2.45) is 0 Å². The molecule has 0 radical (unpaired) electrons. The van der Waals surface area contributed by atoms with Gasteiger partial charge in [-0.05, 0) is 0 Å². The Morgan fingerprint density at radius 2 is 0.652 bits per heavy atom. The standard InChI is InChI=1S/C11H20O35S8.15H2O/c12-47(13,14)36-1-3-4(41-49(18,19)20)5(42-50(21,22)23)6(43-51(24,25)26)9(38-3)39-11(2-37-48(15,16)17)8(45-53(30,31)32)7(44-52(27,28)29)10(40-11)46-54(33,34)35;;;;;;;;;;;;;;;/h3-10H,1-2H2,(H,12,13,14)(H,15,16,17)(H,18,19,20)(H,21,22,23)(H,24,25,26)(H,27,28,29)(H,30,31,32)(H,33,34,35);15*1H2/t3-,4-,5+,6-,7+,8+,9+,10-,11-;;;;;;;;;;;;;;;/m1.............../s1. The molecule has 2 aliphatic heterocycles. The zero-order valence-electron chi connectivity index (χ0n) is 31.9. The summed E-state index contributed by atoms with van der Waals surface area (Å²) < 4.78 is 306. The van der Waals surface area contributed by atoms with Crippen molar-refractivity contribution in [3.8, 4) is 0 Å². The van der Waals surface area contributed by atoms with E-state index in [4.69, 9.17) is 27.9 Å². The van der Waals surface area contributed by atoms with Crippen LogP contribution in [0.15, 0.2) is 0 Å². The Kier molecular flexibility index (Phi) is 53.4. The third-order valence-corrected chi connectivity index (χ3v) is 8.98. The van der Waals surface area contributed by atoms with Gasteiger partial charge in [0.2, 0.25) is 12.1 Å². The van der Waals surface area contributed by atoms with Gasteiger partial charge in [0.05, 0.1) is 6.61 Å². The lowest BCUT2D eigenvalue weighted by molar-refractivity contribution is -0.379. The summed E-state index contributed by atoms with van der Waals surface area (Å²) >= 11 is 0. The molecule has 0 aliphatic carbocycles. The summed E-state index contributed by atoms with van der Waals surface area (Å²) in [5.74, 6) is -4.27. The molecule has 69 heavy (non-hydrogen) atoms. The molecule has 0 aromatic rings. The summed E-state index contributed by atoms with van der Waals surface area (Å²) in [4.78, 5) is 0. The maximum Gasteiger partial charge on any atom is 0.399 e. The van der Waals surface area contributed by atoms with E-state index in [1.165, 1.54) is 0 Å². The van der Waals surface area contributed by atoms with Crippen molar-refractivity contribution in [2.45, 2.75) is 55.0 Å². The van der Waals surface area contributed by atoms with Gasteiger partial charge in [0.15, 0.2) is 24.6 Å². The number of hydrogen-bond acceptors (Lipinski definition) is 27. The van der Waals surface area contributed by atoms with Gasteiger partial charge in [-0.15, -0.1) is 0 Å². The molecule has 2 rings (SSSR count). The summed E-state index contributed by atoms with van der Waals surface area (Å²) in [6, 6.07) is 0. The van der Waals surface area contributed by atoms with Gasteiger partial charge in [-0.1, -0.05) is 0 Å². The second kappa shape index (κ2) is 35.4. The molecule has 2 heterocycles. The molecule has 38 N–H and O–H groups in total. The van der Waals surface area contributed by atoms with Crippen LogP contribution in [0.25, 0.3) is 0 Å². The molecule has 0 spiro atoms. The highest BCUT2D eigenvalue weighted by atomic mass is 32.3. The SMILES string of the molecule is O.O.O.O.O.O.O.O.O.O.O.O.O.O.O.O=S(=O)(O)OC[C@H]1O[C@@H](O[C@]2(COS(=O)(=O)O)O[C@H](OS(=O)(=O)O)[C@@H](OS(=O)(=O)O)[C@@H]2OS(=O)(=O)O)[C@H](OS(=O)(=O)O)[C@@H](OS(=O)(=O)O)[C@@H]1OS(=O)(=O)O. The Bertz CT molecular complexity index is 2260. The van der Waals surface area contributed by atoms with Crippen LogP contribution >= 0.6 is 0 Å². The predicted octanol–water partition coefficient (Wildman–Crippen LogP) is -19.2. The van der Waals surface area contributed by atoms with Gasteiger partial charge in [-0.3, -0.25) is 36.4 Å². The summed E-state index contributed by atoms with van der Waals surface area (Å²) in [6.45, 7) is -4.45. The highest BCUT2D eigenvalue weighted by Crippen LogP contribution is 2.43. The average Bonchev–Trinajstić information content (AvgIpc) is 3.10. The first kappa shape index (κ1) is 104. The van der Waals surface area contributed by atoms with E-state index in [1.54, 1.807) is 0 Å². The zero-order chi connectivity index (χ0) is 42.3. The number of rotatable bonds is 20. The molecule has 0 amide bonds. The molecule has 9 atom stereocenters. The van der Waals surface area contributed by atoms with Crippen LogP contribution in [0.3, 0.4) is 0 Å². The van der Waals surface area contributed by atoms with Crippen molar-refractivity contribution in [2.75, 3.05) is 13.2 Å². The van der Waals surface area contributed by atoms with E-state index in [0.29, 0.717) is 0 Å². The minimum Gasteiger partial charge on any atom is -0.412 e. The highest BCUT2D eigenvalue weighted by molar-refractivity contribution is 7.82. The minimum absolute atomic E-state index is 0. The molecule has 50 nitrogen and oxygen atoms in total. The van der Waals surface area contributed by atoms with Gasteiger partial charge in [-0.2, -0.15) is 67.3 Å². The van der Waals surface area contributed by atoms with Crippen molar-refractivity contribution in [3.05, 3.63) is 0 Å². The van der Waals surface area contributed by atoms with E-state index in [2.05, 4.69) is 33.5 Å². The number of ether oxygens (including phenoxy) is 3. The molecule has 0 unspecified atom stereocenters. The molecule has 2 fully saturated rings. The fourth-order valence-electron chi connectivity index (χ4n) is 4.02. The monoisotopic (exact) mass is 1240 g/mol. The third-order valence-electron chi connectivity index (χ3n) is 5.39. The second-order valence-corrected chi connectivity index (χ2v) is 17.8. The van der Waals surface area contributed by atoms with E-state index >= 15 is 0 Å². The van der Waals surface area contributed by atoms with E-state index in [9.17, 15) is 90.1 Å². The van der Waals surface area contributed by atoms with Gasteiger partial charge in [0.25, 0.3) is 0 Å². The largest absolute Gasteiger partial charge is 0.412 e. The highest BCUT2D eigenvalue weighted by Gasteiger charge is 2.66. The van der Waals surface area contributed by atoms with Crippen LogP contribution in [-0.4, -0.2) is 254 Å². The average molecular weight is 1240 g/mol. The normalized spacial score (nSPS) is 24.3. The molecule has 58 heteroatoms. The number of hydrogen-bond donors (Lipinski definition) is 8. The van der Waals surface area contributed by atoms with Gasteiger partial charge in [-0.25, -0.2) is 33.5 Å².